The number of thiophene rings is 2. The molecule has 0 aliphatic rings. The van der Waals surface area contributed by atoms with Gasteiger partial charge in [-0.15, -0.1) is 22.7 Å². The van der Waals surface area contributed by atoms with Gasteiger partial charge in [0.25, 0.3) is 5.91 Å². The number of aliphatic hydroxyl groups excluding tert-OH is 1. The van der Waals surface area contributed by atoms with E-state index in [-0.39, 0.29) is 12.5 Å². The van der Waals surface area contributed by atoms with Crippen LogP contribution in [0.5, 0.6) is 0 Å². The summed E-state index contributed by atoms with van der Waals surface area (Å²) in [4.78, 5) is 12.5. The second kappa shape index (κ2) is 6.15. The van der Waals surface area contributed by atoms with Crippen molar-refractivity contribution in [1.82, 2.24) is 5.32 Å². The SMILES string of the molecule is O=C(NC[C@@H](O)c1csc2ccccc12)c1ccc(Cl)s1. The van der Waals surface area contributed by atoms with Gasteiger partial charge in [-0.25, -0.2) is 0 Å². The fraction of sp³-hybridized carbons (Fsp3) is 0.133. The van der Waals surface area contributed by atoms with E-state index < -0.39 is 6.10 Å². The highest BCUT2D eigenvalue weighted by Gasteiger charge is 2.15. The third-order valence-electron chi connectivity index (χ3n) is 3.12. The van der Waals surface area contributed by atoms with Crippen molar-refractivity contribution in [3.63, 3.8) is 0 Å². The molecule has 0 radical (unpaired) electrons. The van der Waals surface area contributed by atoms with Gasteiger partial charge in [0.2, 0.25) is 0 Å². The van der Waals surface area contributed by atoms with E-state index in [4.69, 9.17) is 11.6 Å². The average Bonchev–Trinajstić information content (AvgIpc) is 3.10. The van der Waals surface area contributed by atoms with Gasteiger partial charge in [0.05, 0.1) is 15.3 Å². The van der Waals surface area contributed by atoms with Gasteiger partial charge in [-0.2, -0.15) is 0 Å². The largest absolute Gasteiger partial charge is 0.387 e. The third-order valence-corrected chi connectivity index (χ3v) is 5.33. The van der Waals surface area contributed by atoms with Gasteiger partial charge in [-0.05, 0) is 29.0 Å². The smallest absolute Gasteiger partial charge is 0.261 e. The molecule has 0 aliphatic carbocycles. The molecule has 0 aliphatic heterocycles. The highest BCUT2D eigenvalue weighted by molar-refractivity contribution is 7.18. The van der Waals surface area contributed by atoms with Crippen molar-refractivity contribution in [3.8, 4) is 0 Å². The van der Waals surface area contributed by atoms with E-state index in [1.54, 1.807) is 23.5 Å². The quantitative estimate of drug-likeness (QED) is 0.753. The number of carbonyl (C=O) groups is 1. The second-order valence-corrected chi connectivity index (χ2v) is 7.14. The molecule has 2 heterocycles. The summed E-state index contributed by atoms with van der Waals surface area (Å²) in [6, 6.07) is 11.3. The molecule has 0 unspecified atom stereocenters. The number of hydrogen-bond acceptors (Lipinski definition) is 4. The first kappa shape index (κ1) is 14.5. The van der Waals surface area contributed by atoms with E-state index in [1.807, 2.05) is 29.6 Å². The van der Waals surface area contributed by atoms with Crippen LogP contribution in [0.3, 0.4) is 0 Å². The summed E-state index contributed by atoms with van der Waals surface area (Å²) in [5, 5.41) is 16.0. The number of halogens is 1. The van der Waals surface area contributed by atoms with Gasteiger partial charge < -0.3 is 10.4 Å². The van der Waals surface area contributed by atoms with Crippen LogP contribution < -0.4 is 5.32 Å². The Morgan fingerprint density at radius 2 is 2.10 bits per heavy atom. The summed E-state index contributed by atoms with van der Waals surface area (Å²) in [6.45, 7) is 0.176. The second-order valence-electron chi connectivity index (χ2n) is 4.52. The Kier molecular flexibility index (Phi) is 4.26. The monoisotopic (exact) mass is 337 g/mol. The molecule has 1 aromatic carbocycles. The number of aliphatic hydroxyl groups is 1. The molecule has 3 rings (SSSR count). The zero-order valence-electron chi connectivity index (χ0n) is 10.9. The number of hydrogen-bond donors (Lipinski definition) is 2. The molecule has 0 saturated carbocycles. The lowest BCUT2D eigenvalue weighted by molar-refractivity contribution is 0.0921. The van der Waals surface area contributed by atoms with Crippen LogP contribution in [0.15, 0.2) is 41.8 Å². The van der Waals surface area contributed by atoms with Crippen LogP contribution in [0.1, 0.15) is 21.3 Å². The van der Waals surface area contributed by atoms with Gasteiger partial charge >= 0.3 is 0 Å². The molecule has 1 atom stereocenters. The number of benzene rings is 1. The average molecular weight is 338 g/mol. The minimum absolute atomic E-state index is 0.176. The number of amides is 1. The molecule has 6 heteroatoms. The molecule has 2 aromatic heterocycles. The van der Waals surface area contributed by atoms with Crippen molar-refractivity contribution in [2.45, 2.75) is 6.10 Å². The van der Waals surface area contributed by atoms with Crippen molar-refractivity contribution >= 4 is 50.3 Å². The van der Waals surface area contributed by atoms with E-state index in [9.17, 15) is 9.90 Å². The Hall–Kier alpha value is -1.40. The molecular weight excluding hydrogens is 326 g/mol. The molecule has 0 fully saturated rings. The standard InChI is InChI=1S/C15H12ClNO2S2/c16-14-6-5-13(21-14)15(19)17-7-11(18)10-8-20-12-4-2-1-3-9(10)12/h1-6,8,11,18H,7H2,(H,17,19)/t11-/m1/s1. The first-order chi connectivity index (χ1) is 10.1. The van der Waals surface area contributed by atoms with E-state index in [0.29, 0.717) is 9.21 Å². The lowest BCUT2D eigenvalue weighted by Crippen LogP contribution is -2.27. The molecule has 2 N–H and O–H groups in total. The third kappa shape index (κ3) is 3.11. The zero-order chi connectivity index (χ0) is 14.8. The maximum atomic E-state index is 11.9. The first-order valence-corrected chi connectivity index (χ1v) is 8.40. The summed E-state index contributed by atoms with van der Waals surface area (Å²) < 4.78 is 1.70. The molecule has 0 saturated heterocycles. The first-order valence-electron chi connectivity index (χ1n) is 6.33. The van der Waals surface area contributed by atoms with E-state index in [2.05, 4.69) is 5.32 Å². The normalized spacial score (nSPS) is 12.5. The molecule has 108 valence electrons. The lowest BCUT2D eigenvalue weighted by atomic mass is 10.1. The summed E-state index contributed by atoms with van der Waals surface area (Å²) in [7, 11) is 0. The fourth-order valence-electron chi connectivity index (χ4n) is 2.08. The van der Waals surface area contributed by atoms with Crippen LogP contribution in [0.4, 0.5) is 0 Å². The van der Waals surface area contributed by atoms with Gasteiger partial charge in [0.15, 0.2) is 0 Å². The van der Waals surface area contributed by atoms with Crippen LogP contribution in [-0.2, 0) is 0 Å². The van der Waals surface area contributed by atoms with Crippen LogP contribution >= 0.6 is 34.3 Å². The van der Waals surface area contributed by atoms with Crippen molar-refractivity contribution in [2.24, 2.45) is 0 Å². The Morgan fingerprint density at radius 3 is 2.86 bits per heavy atom. The van der Waals surface area contributed by atoms with E-state index in [1.165, 1.54) is 11.3 Å². The van der Waals surface area contributed by atoms with Crippen molar-refractivity contribution < 1.29 is 9.90 Å². The summed E-state index contributed by atoms with van der Waals surface area (Å²) >= 11 is 8.61. The van der Waals surface area contributed by atoms with E-state index in [0.717, 1.165) is 15.6 Å². The zero-order valence-corrected chi connectivity index (χ0v) is 13.3. The number of rotatable bonds is 4. The molecule has 3 nitrogen and oxygen atoms in total. The highest BCUT2D eigenvalue weighted by atomic mass is 35.5. The highest BCUT2D eigenvalue weighted by Crippen LogP contribution is 2.30. The van der Waals surface area contributed by atoms with Crippen molar-refractivity contribution in [1.29, 1.82) is 0 Å². The maximum absolute atomic E-state index is 11.9. The summed E-state index contributed by atoms with van der Waals surface area (Å²) in [5.74, 6) is -0.217. The van der Waals surface area contributed by atoms with Crippen molar-refractivity contribution in [2.75, 3.05) is 6.54 Å². The Morgan fingerprint density at radius 1 is 1.29 bits per heavy atom. The van der Waals surface area contributed by atoms with Crippen LogP contribution in [0.25, 0.3) is 10.1 Å². The minimum atomic E-state index is -0.722. The van der Waals surface area contributed by atoms with Gasteiger partial charge in [0.1, 0.15) is 0 Å². The van der Waals surface area contributed by atoms with Crippen LogP contribution in [-0.4, -0.2) is 17.6 Å². The van der Waals surface area contributed by atoms with Gasteiger partial charge in [-0.3, -0.25) is 4.79 Å². The number of carbonyl (C=O) groups excluding carboxylic acids is 1. The molecule has 21 heavy (non-hydrogen) atoms. The van der Waals surface area contributed by atoms with Crippen molar-refractivity contribution in [3.05, 3.63) is 56.6 Å². The predicted octanol–water partition coefficient (Wildman–Crippen LogP) is 4.08. The Labute approximate surface area is 134 Å². The number of nitrogens with one attached hydrogen (secondary N) is 1. The summed E-state index contributed by atoms with van der Waals surface area (Å²) in [5.41, 5.74) is 0.847. The number of fused-ring (bicyclic) bond motifs is 1. The molecule has 0 bridgehead atoms. The maximum Gasteiger partial charge on any atom is 0.261 e. The molecule has 3 aromatic rings. The predicted molar refractivity (Wildman–Crippen MR) is 88.4 cm³/mol. The molecule has 1 amide bonds. The van der Waals surface area contributed by atoms with Crippen LogP contribution in [0, 0.1) is 0 Å². The van der Waals surface area contributed by atoms with E-state index >= 15 is 0 Å². The molecular formula is C15H12ClNO2S2. The lowest BCUT2D eigenvalue weighted by Gasteiger charge is -2.11. The summed E-state index contributed by atoms with van der Waals surface area (Å²) in [6.07, 6.45) is -0.722. The Bertz CT molecular complexity index is 781. The van der Waals surface area contributed by atoms with Gasteiger partial charge in [0, 0.05) is 16.8 Å². The van der Waals surface area contributed by atoms with Gasteiger partial charge in [-0.1, -0.05) is 29.8 Å². The Balaban J connectivity index is 1.69. The van der Waals surface area contributed by atoms with Crippen LogP contribution in [0.2, 0.25) is 4.34 Å². The molecule has 0 spiro atoms. The topological polar surface area (TPSA) is 49.3 Å². The fourth-order valence-corrected chi connectivity index (χ4v) is 4.05. The minimum Gasteiger partial charge on any atom is -0.387 e.